The van der Waals surface area contributed by atoms with E-state index in [9.17, 15) is 4.79 Å². The van der Waals surface area contributed by atoms with Crippen molar-refractivity contribution in [1.29, 1.82) is 0 Å². The van der Waals surface area contributed by atoms with E-state index in [4.69, 9.17) is 5.73 Å². The number of allylic oxidation sites excluding steroid dienone is 1. The van der Waals surface area contributed by atoms with Crippen molar-refractivity contribution in [2.45, 2.75) is 26.2 Å². The fourth-order valence-corrected chi connectivity index (χ4v) is 3.51. The van der Waals surface area contributed by atoms with Crippen LogP contribution < -0.4 is 16.0 Å². The minimum Gasteiger partial charge on any atom is -0.389 e. The molecule has 24 heavy (non-hydrogen) atoms. The van der Waals surface area contributed by atoms with Gasteiger partial charge >= 0.3 is 0 Å². The summed E-state index contributed by atoms with van der Waals surface area (Å²) in [5, 5.41) is 3.99. The number of nitrogens with one attached hydrogen (secondary N) is 1. The lowest BCUT2D eigenvalue weighted by Crippen LogP contribution is -2.30. The largest absolute Gasteiger partial charge is 0.389 e. The summed E-state index contributed by atoms with van der Waals surface area (Å²) in [6, 6.07) is 1.94. The highest BCUT2D eigenvalue weighted by molar-refractivity contribution is 7.16. The Labute approximate surface area is 145 Å². The Bertz CT molecular complexity index is 764. The number of nitrogens with zero attached hydrogens (tertiary/aromatic N) is 3. The molecular weight excluding hydrogens is 322 g/mol. The van der Waals surface area contributed by atoms with Gasteiger partial charge in [-0.3, -0.25) is 9.78 Å². The Hall–Kier alpha value is -2.41. The van der Waals surface area contributed by atoms with Crippen molar-refractivity contribution in [3.63, 3.8) is 0 Å². The van der Waals surface area contributed by atoms with Gasteiger partial charge in [0.2, 0.25) is 0 Å². The van der Waals surface area contributed by atoms with E-state index >= 15 is 0 Å². The van der Waals surface area contributed by atoms with Gasteiger partial charge < -0.3 is 16.0 Å². The fraction of sp³-hybridized carbons (Fsp3) is 0.353. The first kappa shape index (κ1) is 16.4. The molecule has 0 unspecified atom stereocenters. The van der Waals surface area contributed by atoms with Gasteiger partial charge in [0.05, 0.1) is 17.6 Å². The van der Waals surface area contributed by atoms with Gasteiger partial charge in [-0.25, -0.2) is 4.98 Å². The monoisotopic (exact) mass is 343 g/mol. The summed E-state index contributed by atoms with van der Waals surface area (Å²) < 4.78 is 0. The maximum Gasteiger partial charge on any atom is 0.277 e. The Morgan fingerprint density at radius 2 is 2.12 bits per heavy atom. The number of anilines is 3. The lowest BCUT2D eigenvalue weighted by atomic mass is 10.1. The van der Waals surface area contributed by atoms with Gasteiger partial charge in [0.25, 0.3) is 5.91 Å². The van der Waals surface area contributed by atoms with Crippen LogP contribution in [0.1, 0.15) is 41.7 Å². The van der Waals surface area contributed by atoms with Crippen LogP contribution >= 0.6 is 11.3 Å². The van der Waals surface area contributed by atoms with Crippen LogP contribution in [0.3, 0.4) is 0 Å². The summed E-state index contributed by atoms with van der Waals surface area (Å²) in [4.78, 5) is 23.3. The van der Waals surface area contributed by atoms with Crippen molar-refractivity contribution in [2.75, 3.05) is 29.0 Å². The van der Waals surface area contributed by atoms with Gasteiger partial charge in [-0.2, -0.15) is 0 Å². The number of hydrogen-bond donors (Lipinski definition) is 2. The molecular formula is C17H21N5OS. The third kappa shape index (κ3) is 3.41. The van der Waals surface area contributed by atoms with E-state index in [1.54, 1.807) is 12.4 Å². The molecule has 0 bridgehead atoms. The molecule has 3 rings (SSSR count). The zero-order chi connectivity index (χ0) is 17.1. The van der Waals surface area contributed by atoms with Crippen molar-refractivity contribution < 1.29 is 4.79 Å². The smallest absolute Gasteiger partial charge is 0.277 e. The number of piperidine rings is 1. The van der Waals surface area contributed by atoms with Crippen molar-refractivity contribution in [3.05, 3.63) is 35.7 Å². The van der Waals surface area contributed by atoms with Gasteiger partial charge in [-0.1, -0.05) is 17.9 Å². The number of thiazole rings is 1. The van der Waals surface area contributed by atoms with Crippen molar-refractivity contribution >= 4 is 39.2 Å². The van der Waals surface area contributed by atoms with Gasteiger partial charge in [0.15, 0.2) is 5.69 Å². The molecule has 0 aromatic carbocycles. The molecule has 6 nitrogen and oxygen atoms in total. The molecule has 3 heterocycles. The molecule has 1 aliphatic heterocycles. The molecule has 3 N–H and O–H groups in total. The zero-order valence-corrected chi connectivity index (χ0v) is 14.5. The number of carbonyl (C=O) groups is 1. The number of hydrogen-bond acceptors (Lipinski definition) is 6. The number of amides is 1. The molecule has 0 aliphatic carbocycles. The van der Waals surface area contributed by atoms with E-state index < -0.39 is 0 Å². The molecule has 1 aliphatic rings. The second-order valence-corrected chi connectivity index (χ2v) is 6.94. The zero-order valence-electron chi connectivity index (χ0n) is 13.7. The molecule has 0 atom stereocenters. The molecule has 2 aromatic rings. The van der Waals surface area contributed by atoms with Crippen LogP contribution in [-0.4, -0.2) is 29.0 Å². The maximum atomic E-state index is 12.6. The number of carbonyl (C=O) groups excluding carboxylic acids is 1. The van der Waals surface area contributed by atoms with Crippen molar-refractivity contribution in [2.24, 2.45) is 0 Å². The van der Waals surface area contributed by atoms with Crippen molar-refractivity contribution in [1.82, 2.24) is 9.97 Å². The van der Waals surface area contributed by atoms with Crippen LogP contribution in [0.4, 0.5) is 16.4 Å². The first-order chi connectivity index (χ1) is 11.6. The molecule has 1 saturated heterocycles. The van der Waals surface area contributed by atoms with E-state index in [-0.39, 0.29) is 11.6 Å². The fourth-order valence-electron chi connectivity index (χ4n) is 2.75. The minimum atomic E-state index is -0.317. The first-order valence-electron chi connectivity index (χ1n) is 7.98. The molecule has 126 valence electrons. The number of nitrogen functional groups attached to an aromatic ring is 1. The highest BCUT2D eigenvalue weighted by atomic mass is 32.1. The predicted octanol–water partition coefficient (Wildman–Crippen LogP) is 3.40. The molecule has 2 aromatic heterocycles. The Kier molecular flexibility index (Phi) is 4.80. The maximum absolute atomic E-state index is 12.6. The summed E-state index contributed by atoms with van der Waals surface area (Å²) in [5.41, 5.74) is 8.66. The average molecular weight is 343 g/mol. The second kappa shape index (κ2) is 7.00. The summed E-state index contributed by atoms with van der Waals surface area (Å²) >= 11 is 1.27. The van der Waals surface area contributed by atoms with E-state index in [2.05, 4.69) is 26.8 Å². The number of aromatic nitrogens is 2. The van der Waals surface area contributed by atoms with Gasteiger partial charge in [0, 0.05) is 19.3 Å². The van der Waals surface area contributed by atoms with Crippen LogP contribution in [0.25, 0.3) is 5.57 Å². The predicted molar refractivity (Wildman–Crippen MR) is 99.5 cm³/mol. The van der Waals surface area contributed by atoms with Crippen LogP contribution in [0.2, 0.25) is 0 Å². The molecule has 1 fully saturated rings. The lowest BCUT2D eigenvalue weighted by molar-refractivity contribution is 0.102. The van der Waals surface area contributed by atoms with Crippen LogP contribution in [-0.2, 0) is 0 Å². The van der Waals surface area contributed by atoms with Crippen LogP contribution in [0, 0.1) is 0 Å². The highest BCUT2D eigenvalue weighted by Gasteiger charge is 2.20. The Morgan fingerprint density at radius 1 is 1.38 bits per heavy atom. The topological polar surface area (TPSA) is 84.1 Å². The molecule has 1 amide bonds. The van der Waals surface area contributed by atoms with E-state index in [1.165, 1.54) is 17.8 Å². The third-order valence-corrected chi connectivity index (χ3v) is 5.02. The normalized spacial score (nSPS) is 14.5. The second-order valence-electron chi connectivity index (χ2n) is 5.91. The number of rotatable bonds is 4. The quantitative estimate of drug-likeness (QED) is 0.889. The minimum absolute atomic E-state index is 0.242. The summed E-state index contributed by atoms with van der Waals surface area (Å²) in [6.45, 7) is 7.67. The Morgan fingerprint density at radius 3 is 2.79 bits per heavy atom. The summed E-state index contributed by atoms with van der Waals surface area (Å²) in [5.74, 6) is -0.317. The van der Waals surface area contributed by atoms with E-state index in [0.29, 0.717) is 15.7 Å². The average Bonchev–Trinajstić information content (AvgIpc) is 2.98. The number of pyridine rings is 1. The standard InChI is InChI=1S/C17H21N5OS/c1-11(2)17-21-14(15(18)24-17)16(23)20-12-10-19-7-6-13(12)22-8-4-3-5-9-22/h6-7,10H,1,3-5,8-9,18H2,2H3,(H,20,23). The lowest BCUT2D eigenvalue weighted by Gasteiger charge is -2.30. The molecule has 0 radical (unpaired) electrons. The first-order valence-corrected chi connectivity index (χ1v) is 8.80. The van der Waals surface area contributed by atoms with Gasteiger partial charge in [-0.15, -0.1) is 0 Å². The third-order valence-electron chi connectivity index (χ3n) is 3.98. The van der Waals surface area contributed by atoms with Crippen LogP contribution in [0.15, 0.2) is 25.0 Å². The number of nitrogens with two attached hydrogens (primary N) is 1. The highest BCUT2D eigenvalue weighted by Crippen LogP contribution is 2.30. The van der Waals surface area contributed by atoms with E-state index in [0.717, 1.165) is 37.2 Å². The SMILES string of the molecule is C=C(C)c1nc(C(=O)Nc2cnccc2N2CCCCC2)c(N)s1. The van der Waals surface area contributed by atoms with Crippen LogP contribution in [0.5, 0.6) is 0 Å². The van der Waals surface area contributed by atoms with Gasteiger partial charge in [0.1, 0.15) is 10.0 Å². The van der Waals surface area contributed by atoms with Gasteiger partial charge in [-0.05, 0) is 37.8 Å². The van der Waals surface area contributed by atoms with Crippen molar-refractivity contribution in [3.8, 4) is 0 Å². The van der Waals surface area contributed by atoms with E-state index in [1.807, 2.05) is 13.0 Å². The molecule has 7 heteroatoms. The Balaban J connectivity index is 1.83. The summed E-state index contributed by atoms with van der Waals surface area (Å²) in [7, 11) is 0. The summed E-state index contributed by atoms with van der Waals surface area (Å²) in [6.07, 6.45) is 7.00. The molecule has 0 spiro atoms. The molecule has 0 saturated carbocycles.